The van der Waals surface area contributed by atoms with E-state index in [1.165, 1.54) is 18.4 Å². The lowest BCUT2D eigenvalue weighted by Gasteiger charge is -2.08. The SMILES string of the molecule is COC(=O)c1cc(C)sc1NC(=O)c1ccc(COc2cc(C)ccc2C)o1. The second-order valence-electron chi connectivity index (χ2n) is 6.37. The molecule has 146 valence electrons. The van der Waals surface area contributed by atoms with Crippen molar-refractivity contribution in [3.63, 3.8) is 0 Å². The number of anilines is 1. The van der Waals surface area contributed by atoms with Gasteiger partial charge in [0.05, 0.1) is 12.7 Å². The van der Waals surface area contributed by atoms with Crippen LogP contribution in [0.5, 0.6) is 5.75 Å². The van der Waals surface area contributed by atoms with Crippen LogP contribution in [-0.2, 0) is 11.3 Å². The van der Waals surface area contributed by atoms with Crippen molar-refractivity contribution in [2.45, 2.75) is 27.4 Å². The Bertz CT molecular complexity index is 1020. The monoisotopic (exact) mass is 399 g/mol. The minimum absolute atomic E-state index is 0.140. The third-order valence-electron chi connectivity index (χ3n) is 4.09. The van der Waals surface area contributed by atoms with Gasteiger partial charge in [0.25, 0.3) is 5.91 Å². The van der Waals surface area contributed by atoms with Crippen molar-refractivity contribution >= 4 is 28.2 Å². The number of hydrogen-bond donors (Lipinski definition) is 1. The zero-order chi connectivity index (χ0) is 20.3. The van der Waals surface area contributed by atoms with Crippen LogP contribution in [-0.4, -0.2) is 19.0 Å². The van der Waals surface area contributed by atoms with E-state index in [1.807, 2.05) is 39.0 Å². The molecule has 2 aromatic heterocycles. The van der Waals surface area contributed by atoms with Crippen molar-refractivity contribution < 1.29 is 23.5 Å². The van der Waals surface area contributed by atoms with Crippen molar-refractivity contribution in [1.29, 1.82) is 0 Å². The number of esters is 1. The van der Waals surface area contributed by atoms with Gasteiger partial charge in [0, 0.05) is 4.88 Å². The summed E-state index contributed by atoms with van der Waals surface area (Å²) in [6.45, 7) is 6.03. The summed E-state index contributed by atoms with van der Waals surface area (Å²) in [5.74, 6) is 0.508. The Hall–Kier alpha value is -3.06. The van der Waals surface area contributed by atoms with Gasteiger partial charge in [0.1, 0.15) is 23.1 Å². The van der Waals surface area contributed by atoms with E-state index >= 15 is 0 Å². The van der Waals surface area contributed by atoms with Crippen molar-refractivity contribution in [3.8, 4) is 5.75 Å². The second-order valence-corrected chi connectivity index (χ2v) is 7.63. The minimum atomic E-state index is -0.498. The number of aryl methyl sites for hydroxylation is 3. The van der Waals surface area contributed by atoms with Gasteiger partial charge in [-0.05, 0) is 56.2 Å². The average Bonchev–Trinajstić information content (AvgIpc) is 3.28. The van der Waals surface area contributed by atoms with Crippen LogP contribution < -0.4 is 10.1 Å². The van der Waals surface area contributed by atoms with Gasteiger partial charge >= 0.3 is 5.97 Å². The first-order chi connectivity index (χ1) is 13.4. The Morgan fingerprint density at radius 1 is 1.11 bits per heavy atom. The van der Waals surface area contributed by atoms with Crippen LogP contribution >= 0.6 is 11.3 Å². The molecule has 0 atom stereocenters. The summed E-state index contributed by atoms with van der Waals surface area (Å²) in [5.41, 5.74) is 2.45. The molecule has 0 saturated carbocycles. The molecular weight excluding hydrogens is 378 g/mol. The fraction of sp³-hybridized carbons (Fsp3) is 0.238. The predicted octanol–water partition coefficient (Wildman–Crippen LogP) is 4.88. The lowest BCUT2D eigenvalue weighted by molar-refractivity contribution is 0.0602. The maximum atomic E-state index is 12.5. The number of amides is 1. The van der Waals surface area contributed by atoms with Crippen molar-refractivity contribution in [2.75, 3.05) is 12.4 Å². The van der Waals surface area contributed by atoms with Gasteiger partial charge in [-0.15, -0.1) is 11.3 Å². The van der Waals surface area contributed by atoms with Crippen LogP contribution in [0.3, 0.4) is 0 Å². The van der Waals surface area contributed by atoms with Crippen LogP contribution in [0.1, 0.15) is 42.7 Å². The molecule has 1 aromatic carbocycles. The third kappa shape index (κ3) is 4.43. The topological polar surface area (TPSA) is 77.8 Å². The number of rotatable bonds is 6. The van der Waals surface area contributed by atoms with E-state index in [4.69, 9.17) is 13.9 Å². The van der Waals surface area contributed by atoms with E-state index in [9.17, 15) is 9.59 Å². The maximum Gasteiger partial charge on any atom is 0.340 e. The van der Waals surface area contributed by atoms with Gasteiger partial charge in [-0.3, -0.25) is 4.79 Å². The number of benzene rings is 1. The van der Waals surface area contributed by atoms with E-state index in [-0.39, 0.29) is 12.4 Å². The largest absolute Gasteiger partial charge is 0.485 e. The summed E-state index contributed by atoms with van der Waals surface area (Å²) in [4.78, 5) is 25.2. The molecule has 1 N–H and O–H groups in total. The molecule has 2 heterocycles. The highest BCUT2D eigenvalue weighted by Gasteiger charge is 2.19. The minimum Gasteiger partial charge on any atom is -0.485 e. The van der Waals surface area contributed by atoms with E-state index in [0.717, 1.165) is 21.8 Å². The first kappa shape index (κ1) is 19.7. The summed E-state index contributed by atoms with van der Waals surface area (Å²) in [7, 11) is 1.30. The van der Waals surface area contributed by atoms with Crippen LogP contribution in [0.25, 0.3) is 0 Å². The number of ether oxygens (including phenoxy) is 2. The molecule has 28 heavy (non-hydrogen) atoms. The standard InChI is InChI=1S/C21H21NO5S/c1-12-5-6-13(2)18(9-12)26-11-15-7-8-17(27-15)19(23)22-20-16(21(24)25-4)10-14(3)28-20/h5-10H,11H2,1-4H3,(H,22,23). The van der Waals surface area contributed by atoms with Gasteiger partial charge in [-0.25, -0.2) is 4.79 Å². The summed E-state index contributed by atoms with van der Waals surface area (Å²) >= 11 is 1.30. The fourth-order valence-corrected chi connectivity index (χ4v) is 3.52. The quantitative estimate of drug-likeness (QED) is 0.598. The molecule has 0 fully saturated rings. The molecule has 0 radical (unpaired) electrons. The van der Waals surface area contributed by atoms with Gasteiger partial charge in [-0.2, -0.15) is 0 Å². The molecule has 0 spiro atoms. The maximum absolute atomic E-state index is 12.5. The lowest BCUT2D eigenvalue weighted by Crippen LogP contribution is -2.13. The van der Waals surface area contributed by atoms with Gasteiger partial charge in [0.15, 0.2) is 5.76 Å². The molecule has 0 aliphatic rings. The number of thiophene rings is 1. The summed E-state index contributed by atoms with van der Waals surface area (Å²) in [6.07, 6.45) is 0. The summed E-state index contributed by atoms with van der Waals surface area (Å²) in [5, 5.41) is 3.14. The third-order valence-corrected chi connectivity index (χ3v) is 5.05. The van der Waals surface area contributed by atoms with E-state index < -0.39 is 11.9 Å². The number of furan rings is 1. The van der Waals surface area contributed by atoms with Gasteiger partial charge in [-0.1, -0.05) is 12.1 Å². The number of methoxy groups -OCH3 is 1. The van der Waals surface area contributed by atoms with Crippen LogP contribution in [0.4, 0.5) is 5.00 Å². The summed E-state index contributed by atoms with van der Waals surface area (Å²) in [6, 6.07) is 10.9. The molecule has 0 aliphatic carbocycles. The van der Waals surface area contributed by atoms with E-state index in [2.05, 4.69) is 5.32 Å². The zero-order valence-electron chi connectivity index (χ0n) is 16.1. The number of hydrogen-bond acceptors (Lipinski definition) is 6. The molecule has 0 aliphatic heterocycles. The number of nitrogens with one attached hydrogen (secondary N) is 1. The normalized spacial score (nSPS) is 10.6. The molecule has 0 bridgehead atoms. The van der Waals surface area contributed by atoms with Crippen molar-refractivity contribution in [1.82, 2.24) is 0 Å². The van der Waals surface area contributed by atoms with Crippen LogP contribution in [0.15, 0.2) is 40.8 Å². The molecular formula is C21H21NO5S. The number of carbonyl (C=O) groups is 2. The van der Waals surface area contributed by atoms with Crippen LogP contribution in [0.2, 0.25) is 0 Å². The first-order valence-electron chi connectivity index (χ1n) is 8.66. The second kappa shape index (κ2) is 8.31. The van der Waals surface area contributed by atoms with Crippen molar-refractivity contribution in [3.05, 3.63) is 69.5 Å². The molecule has 7 heteroatoms. The Kier molecular flexibility index (Phi) is 5.84. The molecule has 1 amide bonds. The predicted molar refractivity (Wildman–Crippen MR) is 107 cm³/mol. The molecule has 6 nitrogen and oxygen atoms in total. The smallest absolute Gasteiger partial charge is 0.340 e. The summed E-state index contributed by atoms with van der Waals surface area (Å²) < 4.78 is 16.1. The van der Waals surface area contributed by atoms with Gasteiger partial charge in [0.2, 0.25) is 0 Å². The Balaban J connectivity index is 1.68. The molecule has 0 unspecified atom stereocenters. The van der Waals surface area contributed by atoms with Gasteiger partial charge < -0.3 is 19.2 Å². The number of carbonyl (C=O) groups excluding carboxylic acids is 2. The lowest BCUT2D eigenvalue weighted by atomic mass is 10.1. The highest BCUT2D eigenvalue weighted by Crippen LogP contribution is 2.29. The zero-order valence-corrected chi connectivity index (χ0v) is 16.9. The molecule has 3 rings (SSSR count). The average molecular weight is 399 g/mol. The Morgan fingerprint density at radius 3 is 2.64 bits per heavy atom. The van der Waals surface area contributed by atoms with E-state index in [1.54, 1.807) is 18.2 Å². The Morgan fingerprint density at radius 2 is 1.89 bits per heavy atom. The first-order valence-corrected chi connectivity index (χ1v) is 9.48. The van der Waals surface area contributed by atoms with E-state index in [0.29, 0.717) is 16.3 Å². The molecule has 3 aromatic rings. The van der Waals surface area contributed by atoms with Crippen LogP contribution in [0, 0.1) is 20.8 Å². The highest BCUT2D eigenvalue weighted by molar-refractivity contribution is 7.16. The van der Waals surface area contributed by atoms with Crippen molar-refractivity contribution in [2.24, 2.45) is 0 Å². The Labute approximate surface area is 167 Å². The molecule has 0 saturated heterocycles. The highest BCUT2D eigenvalue weighted by atomic mass is 32.1. The fourth-order valence-electron chi connectivity index (χ4n) is 2.62.